The van der Waals surface area contributed by atoms with Gasteiger partial charge in [-0.1, -0.05) is 51.0 Å². The van der Waals surface area contributed by atoms with Gasteiger partial charge in [0.25, 0.3) is 0 Å². The highest BCUT2D eigenvalue weighted by Gasteiger charge is 2.54. The fraction of sp³-hybridized carbons (Fsp3) is 0.812. The number of likely N-dealkylation sites (N-methyl/N-ethyl adjacent to an activating group) is 2. The summed E-state index contributed by atoms with van der Waals surface area (Å²) in [5, 5.41) is 53.5. The fourth-order valence-corrected chi connectivity index (χ4v) is 10.1. The summed E-state index contributed by atoms with van der Waals surface area (Å²) in [7, 11) is 7.18. The summed E-state index contributed by atoms with van der Waals surface area (Å²) in [6.45, 7) is 19.2. The van der Waals surface area contributed by atoms with Crippen LogP contribution in [0.5, 0.6) is 0 Å². The first kappa shape index (κ1) is 54.6. The van der Waals surface area contributed by atoms with Crippen LogP contribution in [-0.2, 0) is 47.6 Å². The minimum absolute atomic E-state index is 0.0195. The summed E-state index contributed by atoms with van der Waals surface area (Å²) < 4.78 is 44.1. The number of oxime groups is 1. The highest BCUT2D eigenvalue weighted by Crippen LogP contribution is 2.41. The molecule has 1 aromatic rings. The molecule has 3 aliphatic rings. The van der Waals surface area contributed by atoms with Crippen molar-refractivity contribution in [3.05, 3.63) is 30.3 Å². The highest BCUT2D eigenvalue weighted by molar-refractivity contribution is 5.88. The van der Waals surface area contributed by atoms with Gasteiger partial charge in [0, 0.05) is 57.0 Å². The number of hydrogen-bond acceptors (Lipinski definition) is 17. The van der Waals surface area contributed by atoms with Crippen molar-refractivity contribution in [1.29, 1.82) is 0 Å². The number of hydrogen-bond donors (Lipinski definition) is 4. The molecule has 3 aliphatic heterocycles. The van der Waals surface area contributed by atoms with Gasteiger partial charge in [0.2, 0.25) is 0 Å². The normalized spacial score (nSPS) is 41.9. The van der Waals surface area contributed by atoms with Crippen LogP contribution in [0.25, 0.3) is 0 Å². The third kappa shape index (κ3) is 13.2. The number of benzene rings is 1. The third-order valence-corrected chi connectivity index (χ3v) is 14.0. The molecule has 3 heterocycles. The zero-order valence-electron chi connectivity index (χ0n) is 41.5. The number of nitrogens with zero attached hydrogens (tertiary/aromatic N) is 3. The summed E-state index contributed by atoms with van der Waals surface area (Å²) in [4.78, 5) is 36.6. The summed E-state index contributed by atoms with van der Waals surface area (Å²) >= 11 is 0. The molecule has 0 aromatic heterocycles. The molecule has 4 rings (SSSR count). The SMILES string of the molecule is CC[C@@H]1OC(=O)[C@H](C)[C@@H](O[C@H]2C[C@@](C)(OC)[C@@H](OC(C)=O)[C@H](C)O2)[C@H](C)[C@@H](O[C@@H]2O[C@H](C)C[C@H](N(C)C)[C@H]2O)C(C)(O)C[C@@H](C)/C(=N\OCCN(C)c2ccccc2)[C@@H](C)[C@@H](O)[C@]1(C)O. The van der Waals surface area contributed by atoms with Gasteiger partial charge in [0.15, 0.2) is 18.7 Å². The maximum atomic E-state index is 14.5. The second kappa shape index (κ2) is 22.9. The number of anilines is 1. The summed E-state index contributed by atoms with van der Waals surface area (Å²) in [6.07, 6.45) is -9.41. The van der Waals surface area contributed by atoms with Crippen molar-refractivity contribution >= 4 is 23.3 Å². The lowest BCUT2D eigenvalue weighted by Crippen LogP contribution is -2.61. The van der Waals surface area contributed by atoms with E-state index in [9.17, 15) is 30.0 Å². The molecule has 0 amide bonds. The zero-order chi connectivity index (χ0) is 48.8. The van der Waals surface area contributed by atoms with Gasteiger partial charge in [-0.2, -0.15) is 0 Å². The topological polar surface area (TPSA) is 208 Å². The summed E-state index contributed by atoms with van der Waals surface area (Å²) in [5.74, 6) is -4.66. The van der Waals surface area contributed by atoms with Crippen LogP contribution in [0.2, 0.25) is 0 Å². The number of ether oxygens (including phenoxy) is 7. The fourth-order valence-electron chi connectivity index (χ4n) is 10.1. The number of aliphatic hydroxyl groups excluding tert-OH is 2. The number of carbonyl (C=O) groups excluding carboxylic acids is 2. The molecule has 4 N–H and O–H groups in total. The van der Waals surface area contributed by atoms with Crippen molar-refractivity contribution in [2.75, 3.05) is 46.3 Å². The Kier molecular flexibility index (Phi) is 19.2. The lowest BCUT2D eigenvalue weighted by molar-refractivity contribution is -0.318. The largest absolute Gasteiger partial charge is 0.459 e. The Morgan fingerprint density at radius 2 is 1.57 bits per heavy atom. The summed E-state index contributed by atoms with van der Waals surface area (Å²) in [5.41, 5.74) is -3.47. The van der Waals surface area contributed by atoms with Crippen LogP contribution in [0.15, 0.2) is 35.5 Å². The van der Waals surface area contributed by atoms with E-state index in [-0.39, 0.29) is 38.0 Å². The highest BCUT2D eigenvalue weighted by atomic mass is 16.7. The number of methoxy groups -OCH3 is 1. The average Bonchev–Trinajstić information content (AvgIpc) is 3.24. The molecule has 18 atom stereocenters. The van der Waals surface area contributed by atoms with Gasteiger partial charge in [-0.3, -0.25) is 9.59 Å². The van der Waals surface area contributed by atoms with Crippen LogP contribution in [0, 0.1) is 23.7 Å². The molecule has 0 saturated carbocycles. The first-order valence-corrected chi connectivity index (χ1v) is 23.3. The van der Waals surface area contributed by atoms with Gasteiger partial charge in [0.05, 0.1) is 54.3 Å². The van der Waals surface area contributed by atoms with Crippen molar-refractivity contribution in [3.63, 3.8) is 0 Å². The summed E-state index contributed by atoms with van der Waals surface area (Å²) in [6, 6.07) is 9.47. The smallest absolute Gasteiger partial charge is 0.311 e. The van der Waals surface area contributed by atoms with Gasteiger partial charge in [-0.15, -0.1) is 0 Å². The van der Waals surface area contributed by atoms with E-state index in [0.29, 0.717) is 18.7 Å². The quantitative estimate of drug-likeness (QED) is 0.124. The number of para-hydroxylation sites is 1. The molecule has 0 radical (unpaired) electrons. The number of esters is 2. The number of rotatable bonds is 13. The van der Waals surface area contributed by atoms with Crippen molar-refractivity contribution in [1.82, 2.24) is 4.90 Å². The lowest BCUT2D eigenvalue weighted by Gasteiger charge is -2.49. The van der Waals surface area contributed by atoms with Crippen LogP contribution in [0.1, 0.15) is 102 Å². The molecule has 0 spiro atoms. The van der Waals surface area contributed by atoms with E-state index in [1.807, 2.05) is 75.1 Å². The molecule has 3 saturated heterocycles. The number of cyclic esters (lactones) is 1. The zero-order valence-corrected chi connectivity index (χ0v) is 41.5. The van der Waals surface area contributed by atoms with Crippen molar-refractivity contribution in [2.24, 2.45) is 28.8 Å². The van der Waals surface area contributed by atoms with Gasteiger partial charge in [-0.25, -0.2) is 0 Å². The molecule has 17 heteroatoms. The second-order valence-corrected chi connectivity index (χ2v) is 19.8. The van der Waals surface area contributed by atoms with Gasteiger partial charge < -0.3 is 68.2 Å². The number of aliphatic hydroxyl groups is 4. The Hall–Kier alpha value is -2.97. The minimum atomic E-state index is -1.97. The maximum absolute atomic E-state index is 14.5. The molecular weight excluding hydrogens is 843 g/mol. The standard InChI is InChI=1S/C48H81N3O14/c1-16-36-48(11,57)41(54)29(4)38(49-59-23-22-51(14)34-20-18-17-19-21-34)27(2)25-46(9,56)42(65-45-39(53)35(50(12)13)24-28(3)60-45)30(5)40(31(6)44(55)63-36)64-37-26-47(10,58-15)43(32(7)61-37)62-33(8)52/h17-21,27-32,35-37,39-43,45,53-54,56-57H,16,22-26H2,1-15H3/b49-38+/t27-,28-,29-,30+,31-,32+,35+,36+,37+,39-,40+,41-,42-,43+,45+,46?,47-,48-/m1/s1. The predicted octanol–water partition coefficient (Wildman–Crippen LogP) is 4.30. The van der Waals surface area contributed by atoms with E-state index in [1.165, 1.54) is 21.0 Å². The first-order chi connectivity index (χ1) is 30.3. The number of carbonyl (C=O) groups is 2. The lowest BCUT2D eigenvalue weighted by atomic mass is 9.73. The second-order valence-electron chi connectivity index (χ2n) is 19.8. The monoisotopic (exact) mass is 924 g/mol. The average molecular weight is 924 g/mol. The van der Waals surface area contributed by atoms with Crippen LogP contribution in [0.4, 0.5) is 5.69 Å². The Morgan fingerprint density at radius 1 is 0.923 bits per heavy atom. The molecule has 17 nitrogen and oxygen atoms in total. The predicted molar refractivity (Wildman–Crippen MR) is 244 cm³/mol. The van der Waals surface area contributed by atoms with Crippen LogP contribution in [0.3, 0.4) is 0 Å². The van der Waals surface area contributed by atoms with Gasteiger partial charge in [-0.05, 0) is 87.0 Å². The van der Waals surface area contributed by atoms with E-state index in [0.717, 1.165) is 5.69 Å². The molecule has 372 valence electrons. The molecule has 65 heavy (non-hydrogen) atoms. The molecular formula is C48H81N3O14. The van der Waals surface area contributed by atoms with E-state index in [1.54, 1.807) is 48.5 Å². The van der Waals surface area contributed by atoms with Crippen molar-refractivity contribution in [3.8, 4) is 0 Å². The molecule has 1 aromatic carbocycles. The third-order valence-electron chi connectivity index (χ3n) is 14.0. The molecule has 1 unspecified atom stereocenters. The van der Waals surface area contributed by atoms with Crippen LogP contribution in [-0.4, -0.2) is 169 Å². The first-order valence-electron chi connectivity index (χ1n) is 23.3. The van der Waals surface area contributed by atoms with Crippen molar-refractivity contribution < 1.29 is 68.0 Å². The van der Waals surface area contributed by atoms with Crippen LogP contribution < -0.4 is 4.90 Å². The van der Waals surface area contributed by atoms with E-state index in [2.05, 4.69) is 5.16 Å². The Morgan fingerprint density at radius 3 is 2.15 bits per heavy atom. The Balaban J connectivity index is 1.84. The molecule has 0 aliphatic carbocycles. The van der Waals surface area contributed by atoms with E-state index >= 15 is 0 Å². The maximum Gasteiger partial charge on any atom is 0.311 e. The van der Waals surface area contributed by atoms with Crippen LogP contribution >= 0.6 is 0 Å². The van der Waals surface area contributed by atoms with Crippen molar-refractivity contribution in [2.45, 2.75) is 186 Å². The minimum Gasteiger partial charge on any atom is -0.459 e. The Labute approximate surface area is 387 Å². The van der Waals surface area contributed by atoms with Gasteiger partial charge in [0.1, 0.15) is 30.0 Å². The van der Waals surface area contributed by atoms with Gasteiger partial charge >= 0.3 is 11.9 Å². The van der Waals surface area contributed by atoms with E-state index < -0.39 is 108 Å². The van der Waals surface area contributed by atoms with E-state index in [4.69, 9.17) is 38.0 Å². The molecule has 0 bridgehead atoms. The Bertz CT molecular complexity index is 1700. The molecule has 3 fully saturated rings.